The lowest BCUT2D eigenvalue weighted by Gasteiger charge is -2.68. The van der Waals surface area contributed by atoms with Crippen molar-refractivity contribution in [3.63, 3.8) is 0 Å². The van der Waals surface area contributed by atoms with E-state index in [-0.39, 0.29) is 24.7 Å². The molecule has 0 radical (unpaired) electrons. The van der Waals surface area contributed by atoms with Gasteiger partial charge in [-0.2, -0.15) is 0 Å². The van der Waals surface area contributed by atoms with Crippen LogP contribution < -0.4 is 5.32 Å². The summed E-state index contributed by atoms with van der Waals surface area (Å²) >= 11 is 0. The first kappa shape index (κ1) is 44.8. The van der Waals surface area contributed by atoms with Crippen molar-refractivity contribution in [2.45, 2.75) is 168 Å². The number of nitrogens with one attached hydrogen (secondary N) is 1. The van der Waals surface area contributed by atoms with E-state index in [0.717, 1.165) is 6.42 Å². The summed E-state index contributed by atoms with van der Waals surface area (Å²) in [6, 6.07) is 7.55. The van der Waals surface area contributed by atoms with Crippen molar-refractivity contribution in [1.82, 2.24) is 5.32 Å². The molecule has 326 valence electrons. The van der Waals surface area contributed by atoms with Gasteiger partial charge in [0.2, 0.25) is 0 Å². The summed E-state index contributed by atoms with van der Waals surface area (Å²) in [4.78, 5) is 54.7. The van der Waals surface area contributed by atoms with Crippen LogP contribution in [-0.4, -0.2) is 93.9 Å². The Hall–Kier alpha value is -3.78. The number of hydrogen-bond acceptors (Lipinski definition) is 12. The van der Waals surface area contributed by atoms with Crippen LogP contribution >= 0.6 is 0 Å². The molecule has 0 spiro atoms. The van der Waals surface area contributed by atoms with Crippen molar-refractivity contribution in [1.29, 1.82) is 0 Å². The van der Waals surface area contributed by atoms with Crippen molar-refractivity contribution in [2.75, 3.05) is 0 Å². The Morgan fingerprint density at radius 2 is 1.73 bits per heavy atom. The molecule has 1 unspecified atom stereocenters. The lowest BCUT2D eigenvalue weighted by atomic mass is 9.43. The van der Waals surface area contributed by atoms with E-state index in [1.54, 1.807) is 71.0 Å². The maximum Gasteiger partial charge on any atom is 0.407 e. The van der Waals surface area contributed by atoms with Gasteiger partial charge in [0, 0.05) is 36.5 Å². The predicted molar refractivity (Wildman–Crippen MR) is 217 cm³/mol. The number of carbonyl (C=O) groups excluding carboxylic acids is 4. The number of hydrogen-bond donors (Lipinski definition) is 3. The molecule has 1 amide bonds. The van der Waals surface area contributed by atoms with Crippen LogP contribution in [0.15, 0.2) is 54.1 Å². The normalized spacial score (nSPS) is 36.0. The number of rotatable bonds is 11. The van der Waals surface area contributed by atoms with Crippen LogP contribution in [0.4, 0.5) is 4.79 Å². The molecule has 4 aliphatic carbocycles. The minimum atomic E-state index is -1.77. The zero-order valence-corrected chi connectivity index (χ0v) is 36.5. The molecule has 1 saturated heterocycles. The van der Waals surface area contributed by atoms with Crippen LogP contribution in [0.5, 0.6) is 0 Å². The molecule has 4 fully saturated rings. The molecule has 1 aromatic rings. The standard InChI is InChI=1S/C46H65NO12/c1-13-33-55-32-22-29-19-20-46(29,58-27(6)48)36-38(57-39(50)28-17-15-14-16-18-28)45(43(10,11)53)23-31(25(4)34(45)26(5)37(56-33)44(32,36)12)54-40(51)35(49)30(21-24(2)3)47-41(52)59-42(7,8)9/h13-18,24,26,29-33,35-38,49,53H,1,19-23H2,2-12H3,(H,47,52)/t26-,29+,30-,31-,32-,33?,35+,36-,37-,38-,44+,45-,46-/m0/s1. The van der Waals surface area contributed by atoms with E-state index in [9.17, 15) is 29.4 Å². The maximum atomic E-state index is 14.5. The SMILES string of the molecule is C=CC1O[C@H]2C[C@H]3CC[C@@]3(OC(C)=O)[C@H]3[C@H](OC(=O)c4ccccc4)[C@]4(C(C)(C)O)C[C@H](OC(=O)[C@H](O)[C@H](CC(C)C)NC(=O)OC(C)(C)C)C(C)=C4[C@H](C)[C@H](O1)[C@]23C. The summed E-state index contributed by atoms with van der Waals surface area (Å²) in [6.45, 7) is 23.6. The Bertz CT molecular complexity index is 1830. The fraction of sp³-hybridized carbons (Fsp3) is 0.696. The van der Waals surface area contributed by atoms with Gasteiger partial charge in [-0.25, -0.2) is 14.4 Å². The third-order valence-electron chi connectivity index (χ3n) is 13.9. The first-order valence-electron chi connectivity index (χ1n) is 21.1. The van der Waals surface area contributed by atoms with E-state index in [0.29, 0.717) is 29.6 Å². The summed E-state index contributed by atoms with van der Waals surface area (Å²) in [5.74, 6) is -3.53. The molecule has 3 N–H and O–H groups in total. The third kappa shape index (κ3) is 7.74. The van der Waals surface area contributed by atoms with E-state index in [1.807, 2.05) is 27.7 Å². The van der Waals surface area contributed by atoms with Crippen LogP contribution in [-0.2, 0) is 38.0 Å². The van der Waals surface area contributed by atoms with Crippen LogP contribution in [0.25, 0.3) is 0 Å². The topological polar surface area (TPSA) is 176 Å². The summed E-state index contributed by atoms with van der Waals surface area (Å²) < 4.78 is 38.6. The van der Waals surface area contributed by atoms with Gasteiger partial charge in [0.25, 0.3) is 0 Å². The number of amides is 1. The summed E-state index contributed by atoms with van der Waals surface area (Å²) in [5, 5.41) is 27.1. The quantitative estimate of drug-likeness (QED) is 0.124. The number of ether oxygens (including phenoxy) is 6. The average Bonchev–Trinajstić information content (AvgIpc) is 3.39. The predicted octanol–water partition coefficient (Wildman–Crippen LogP) is 6.59. The van der Waals surface area contributed by atoms with Gasteiger partial charge >= 0.3 is 24.0 Å². The highest BCUT2D eigenvalue weighted by atomic mass is 16.7. The first-order chi connectivity index (χ1) is 27.4. The number of benzene rings is 1. The van der Waals surface area contributed by atoms with Crippen molar-refractivity contribution >= 4 is 24.0 Å². The molecule has 0 aromatic heterocycles. The van der Waals surface area contributed by atoms with Crippen molar-refractivity contribution in [3.05, 3.63) is 59.7 Å². The highest BCUT2D eigenvalue weighted by Gasteiger charge is 2.79. The lowest BCUT2D eigenvalue weighted by molar-refractivity contribution is -0.361. The van der Waals surface area contributed by atoms with Gasteiger partial charge in [-0.1, -0.05) is 52.5 Å². The molecular formula is C46H65NO12. The van der Waals surface area contributed by atoms with Gasteiger partial charge in [-0.05, 0) is 102 Å². The zero-order chi connectivity index (χ0) is 43.6. The summed E-state index contributed by atoms with van der Waals surface area (Å²) in [5.41, 5.74) is -4.41. The molecule has 13 atom stereocenters. The van der Waals surface area contributed by atoms with Gasteiger partial charge in [-0.3, -0.25) is 4.79 Å². The molecule has 1 aromatic carbocycles. The number of aliphatic hydroxyl groups excluding tert-OH is 1. The Morgan fingerprint density at radius 1 is 1.07 bits per heavy atom. The van der Waals surface area contributed by atoms with E-state index in [1.165, 1.54) is 6.92 Å². The number of fused-ring (bicyclic) bond motifs is 3. The van der Waals surface area contributed by atoms with E-state index >= 15 is 0 Å². The molecule has 5 aliphatic rings. The first-order valence-corrected chi connectivity index (χ1v) is 21.1. The second-order valence-electron chi connectivity index (χ2n) is 19.7. The van der Waals surface area contributed by atoms with Crippen molar-refractivity contribution < 1.29 is 57.8 Å². The third-order valence-corrected chi connectivity index (χ3v) is 13.9. The molecule has 6 rings (SSSR count). The van der Waals surface area contributed by atoms with Crippen LogP contribution in [0, 0.1) is 34.5 Å². The number of carbonyl (C=O) groups is 4. The summed E-state index contributed by atoms with van der Waals surface area (Å²) in [7, 11) is 0. The Balaban J connectivity index is 1.52. The Kier molecular flexibility index (Phi) is 12.1. The minimum absolute atomic E-state index is 0.0222. The van der Waals surface area contributed by atoms with E-state index in [2.05, 4.69) is 18.8 Å². The minimum Gasteiger partial charge on any atom is -0.458 e. The van der Waals surface area contributed by atoms with Crippen LogP contribution in [0.3, 0.4) is 0 Å². The Morgan fingerprint density at radius 3 is 2.27 bits per heavy atom. The largest absolute Gasteiger partial charge is 0.458 e. The molecule has 1 aliphatic heterocycles. The molecule has 1 heterocycles. The van der Waals surface area contributed by atoms with E-state index < -0.39 is 106 Å². The molecule has 13 nitrogen and oxygen atoms in total. The number of esters is 3. The second kappa shape index (κ2) is 15.9. The highest BCUT2D eigenvalue weighted by Crippen LogP contribution is 2.72. The summed E-state index contributed by atoms with van der Waals surface area (Å²) in [6.07, 6.45) is -2.98. The number of aliphatic hydroxyl groups is 2. The zero-order valence-electron chi connectivity index (χ0n) is 36.5. The molecular weight excluding hydrogens is 759 g/mol. The fourth-order valence-electron chi connectivity index (χ4n) is 11.6. The maximum absolute atomic E-state index is 14.5. The van der Waals surface area contributed by atoms with Crippen molar-refractivity contribution in [3.8, 4) is 0 Å². The van der Waals surface area contributed by atoms with Gasteiger partial charge in [0.15, 0.2) is 12.4 Å². The number of alkyl carbamates (subject to hydrolysis) is 1. The monoisotopic (exact) mass is 823 g/mol. The average molecular weight is 824 g/mol. The molecule has 3 saturated carbocycles. The van der Waals surface area contributed by atoms with Gasteiger partial charge in [0.1, 0.15) is 23.4 Å². The molecule has 0 bridgehead atoms. The lowest BCUT2D eigenvalue weighted by Crippen LogP contribution is -2.75. The van der Waals surface area contributed by atoms with Gasteiger partial charge in [-0.15, -0.1) is 0 Å². The Labute approximate surface area is 348 Å². The highest BCUT2D eigenvalue weighted by molar-refractivity contribution is 5.89. The fourth-order valence-corrected chi connectivity index (χ4v) is 11.6. The molecule has 13 heteroatoms. The molecule has 59 heavy (non-hydrogen) atoms. The van der Waals surface area contributed by atoms with Crippen LogP contribution in [0.2, 0.25) is 0 Å². The van der Waals surface area contributed by atoms with Gasteiger partial charge < -0.3 is 44.0 Å². The van der Waals surface area contributed by atoms with Gasteiger partial charge in [0.05, 0.1) is 34.8 Å². The smallest absolute Gasteiger partial charge is 0.407 e. The van der Waals surface area contributed by atoms with E-state index in [4.69, 9.17) is 28.4 Å². The van der Waals surface area contributed by atoms with Crippen molar-refractivity contribution in [2.24, 2.45) is 34.5 Å². The van der Waals surface area contributed by atoms with Crippen LogP contribution in [0.1, 0.15) is 119 Å². The second-order valence-corrected chi connectivity index (χ2v) is 19.7.